The van der Waals surface area contributed by atoms with E-state index in [2.05, 4.69) is 10.6 Å². The van der Waals surface area contributed by atoms with E-state index in [1.807, 2.05) is 6.07 Å². The van der Waals surface area contributed by atoms with Gasteiger partial charge in [0.15, 0.2) is 0 Å². The summed E-state index contributed by atoms with van der Waals surface area (Å²) in [5, 5.41) is 13.7. The summed E-state index contributed by atoms with van der Waals surface area (Å²) in [6.45, 7) is 2.12. The van der Waals surface area contributed by atoms with Crippen molar-refractivity contribution in [1.29, 1.82) is 5.26 Å². The predicted octanol–water partition coefficient (Wildman–Crippen LogP) is 1.56. The van der Waals surface area contributed by atoms with Crippen LogP contribution in [0.15, 0.2) is 24.3 Å². The van der Waals surface area contributed by atoms with Gasteiger partial charge < -0.3 is 10.6 Å². The van der Waals surface area contributed by atoms with Crippen LogP contribution < -0.4 is 10.6 Å². The van der Waals surface area contributed by atoms with Crippen LogP contribution in [0.3, 0.4) is 0 Å². The maximum atomic E-state index is 11.2. The number of carbonyl (C=O) groups is 2. The molecular weight excluding hydrogens is 230 g/mol. The van der Waals surface area contributed by atoms with Crippen molar-refractivity contribution in [2.75, 3.05) is 5.32 Å². The summed E-state index contributed by atoms with van der Waals surface area (Å²) >= 11 is 0. The minimum atomic E-state index is -0.305. The summed E-state index contributed by atoms with van der Waals surface area (Å²) in [4.78, 5) is 22.3. The Hall–Kier alpha value is -2.35. The van der Waals surface area contributed by atoms with Gasteiger partial charge in [-0.1, -0.05) is 19.1 Å². The van der Waals surface area contributed by atoms with Crippen LogP contribution in [0.4, 0.5) is 5.69 Å². The van der Waals surface area contributed by atoms with E-state index in [0.29, 0.717) is 18.7 Å². The fraction of sp³-hybridized carbons (Fsp3) is 0.308. The van der Waals surface area contributed by atoms with Gasteiger partial charge in [-0.15, -0.1) is 0 Å². The van der Waals surface area contributed by atoms with E-state index in [4.69, 9.17) is 5.26 Å². The van der Waals surface area contributed by atoms with Crippen LogP contribution in [0.5, 0.6) is 0 Å². The summed E-state index contributed by atoms with van der Waals surface area (Å²) < 4.78 is 0. The van der Waals surface area contributed by atoms with Gasteiger partial charge in [0.25, 0.3) is 0 Å². The second kappa shape index (κ2) is 7.07. The third-order valence-corrected chi connectivity index (χ3v) is 2.26. The molecule has 94 valence electrons. The number of benzene rings is 1. The van der Waals surface area contributed by atoms with Gasteiger partial charge in [-0.2, -0.15) is 5.26 Å². The highest BCUT2D eigenvalue weighted by Crippen LogP contribution is 2.10. The highest BCUT2D eigenvalue weighted by Gasteiger charge is 2.02. The average molecular weight is 245 g/mol. The zero-order chi connectivity index (χ0) is 13.4. The lowest BCUT2D eigenvalue weighted by Gasteiger charge is -2.07. The first kappa shape index (κ1) is 13.7. The SMILES string of the molecule is CCC(=O)Nc1cccc(CNC(=O)CC#N)c1. The second-order valence-corrected chi connectivity index (χ2v) is 3.71. The molecule has 5 nitrogen and oxygen atoms in total. The average Bonchev–Trinajstić information content (AvgIpc) is 2.37. The number of carbonyl (C=O) groups excluding carboxylic acids is 2. The smallest absolute Gasteiger partial charge is 0.234 e. The minimum absolute atomic E-state index is 0.0549. The van der Waals surface area contributed by atoms with Gasteiger partial charge >= 0.3 is 0 Å². The fourth-order valence-corrected chi connectivity index (χ4v) is 1.34. The van der Waals surface area contributed by atoms with Gasteiger partial charge in [0.2, 0.25) is 11.8 Å². The van der Waals surface area contributed by atoms with Crippen molar-refractivity contribution in [2.24, 2.45) is 0 Å². The molecule has 0 aliphatic rings. The third-order valence-electron chi connectivity index (χ3n) is 2.26. The molecule has 1 aromatic carbocycles. The van der Waals surface area contributed by atoms with E-state index in [9.17, 15) is 9.59 Å². The Kier molecular flexibility index (Phi) is 5.39. The Labute approximate surface area is 106 Å². The molecule has 0 saturated carbocycles. The van der Waals surface area contributed by atoms with E-state index in [1.54, 1.807) is 31.2 Å². The standard InChI is InChI=1S/C13H15N3O2/c1-2-12(17)16-11-5-3-4-10(8-11)9-15-13(18)6-7-14/h3-5,8H,2,6,9H2,1H3,(H,15,18)(H,16,17). The van der Waals surface area contributed by atoms with Crippen molar-refractivity contribution >= 4 is 17.5 Å². The summed E-state index contributed by atoms with van der Waals surface area (Å²) in [5.41, 5.74) is 1.57. The molecule has 0 aliphatic heterocycles. The van der Waals surface area contributed by atoms with Crippen LogP contribution in [0.2, 0.25) is 0 Å². The molecule has 0 atom stereocenters. The fourth-order valence-electron chi connectivity index (χ4n) is 1.34. The van der Waals surface area contributed by atoms with Crippen LogP contribution in [-0.4, -0.2) is 11.8 Å². The van der Waals surface area contributed by atoms with Crippen LogP contribution in [0, 0.1) is 11.3 Å². The Morgan fingerprint density at radius 2 is 2.11 bits per heavy atom. The number of hydrogen-bond acceptors (Lipinski definition) is 3. The van der Waals surface area contributed by atoms with E-state index in [1.165, 1.54) is 0 Å². The van der Waals surface area contributed by atoms with Gasteiger partial charge in [0.05, 0.1) is 6.07 Å². The number of nitriles is 1. The molecule has 0 aliphatic carbocycles. The first-order valence-electron chi connectivity index (χ1n) is 5.68. The van der Waals surface area contributed by atoms with Crippen molar-refractivity contribution in [1.82, 2.24) is 5.32 Å². The van der Waals surface area contributed by atoms with Gasteiger partial charge in [-0.3, -0.25) is 9.59 Å². The largest absolute Gasteiger partial charge is 0.351 e. The van der Waals surface area contributed by atoms with E-state index < -0.39 is 0 Å². The number of amides is 2. The lowest BCUT2D eigenvalue weighted by molar-refractivity contribution is -0.120. The summed E-state index contributed by atoms with van der Waals surface area (Å²) in [5.74, 6) is -0.360. The molecular formula is C13H15N3O2. The third kappa shape index (κ3) is 4.66. The molecule has 0 aromatic heterocycles. The molecule has 18 heavy (non-hydrogen) atoms. The van der Waals surface area contributed by atoms with E-state index >= 15 is 0 Å². The minimum Gasteiger partial charge on any atom is -0.351 e. The molecule has 2 N–H and O–H groups in total. The van der Waals surface area contributed by atoms with E-state index in [0.717, 1.165) is 5.56 Å². The lowest BCUT2D eigenvalue weighted by Crippen LogP contribution is -2.21. The molecule has 0 bridgehead atoms. The predicted molar refractivity (Wildman–Crippen MR) is 67.4 cm³/mol. The summed E-state index contributed by atoms with van der Waals surface area (Å²) in [6, 6.07) is 9.00. The van der Waals surface area contributed by atoms with Crippen LogP contribution >= 0.6 is 0 Å². The normalized spacial score (nSPS) is 9.33. The zero-order valence-electron chi connectivity index (χ0n) is 10.2. The topological polar surface area (TPSA) is 82.0 Å². The molecule has 0 saturated heterocycles. The quantitative estimate of drug-likeness (QED) is 0.826. The summed E-state index contributed by atoms with van der Waals surface area (Å²) in [6.07, 6.45) is 0.273. The number of hydrogen-bond donors (Lipinski definition) is 2. The van der Waals surface area contributed by atoms with Gasteiger partial charge in [0.1, 0.15) is 6.42 Å². The van der Waals surface area contributed by atoms with Crippen molar-refractivity contribution in [2.45, 2.75) is 26.3 Å². The molecule has 0 unspecified atom stereocenters. The number of anilines is 1. The van der Waals surface area contributed by atoms with Crippen molar-refractivity contribution in [3.8, 4) is 6.07 Å². The lowest BCUT2D eigenvalue weighted by atomic mass is 10.2. The number of nitrogens with zero attached hydrogens (tertiary/aromatic N) is 1. The van der Waals surface area contributed by atoms with Gasteiger partial charge in [0, 0.05) is 18.7 Å². The molecule has 0 heterocycles. The van der Waals surface area contributed by atoms with Gasteiger partial charge in [-0.05, 0) is 17.7 Å². The van der Waals surface area contributed by atoms with Crippen LogP contribution in [0.25, 0.3) is 0 Å². The monoisotopic (exact) mass is 245 g/mol. The Morgan fingerprint density at radius 1 is 1.33 bits per heavy atom. The molecule has 1 aromatic rings. The van der Waals surface area contributed by atoms with Gasteiger partial charge in [-0.25, -0.2) is 0 Å². The Morgan fingerprint density at radius 3 is 2.78 bits per heavy atom. The van der Waals surface area contributed by atoms with E-state index in [-0.39, 0.29) is 18.2 Å². The molecule has 0 fully saturated rings. The van der Waals surface area contributed by atoms with Crippen molar-refractivity contribution < 1.29 is 9.59 Å². The maximum Gasteiger partial charge on any atom is 0.234 e. The molecule has 0 radical (unpaired) electrons. The maximum absolute atomic E-state index is 11.2. The molecule has 5 heteroatoms. The highest BCUT2D eigenvalue weighted by atomic mass is 16.2. The Balaban J connectivity index is 2.57. The van der Waals surface area contributed by atoms with Crippen molar-refractivity contribution in [3.63, 3.8) is 0 Å². The van der Waals surface area contributed by atoms with Crippen molar-refractivity contribution in [3.05, 3.63) is 29.8 Å². The number of nitrogens with one attached hydrogen (secondary N) is 2. The molecule has 1 rings (SSSR count). The second-order valence-electron chi connectivity index (χ2n) is 3.71. The first-order chi connectivity index (χ1) is 8.65. The van der Waals surface area contributed by atoms with Crippen LogP contribution in [-0.2, 0) is 16.1 Å². The molecule has 0 spiro atoms. The zero-order valence-corrected chi connectivity index (χ0v) is 10.2. The summed E-state index contributed by atoms with van der Waals surface area (Å²) in [7, 11) is 0. The van der Waals surface area contributed by atoms with Crippen LogP contribution in [0.1, 0.15) is 25.3 Å². The number of rotatable bonds is 5. The highest BCUT2D eigenvalue weighted by molar-refractivity contribution is 5.90. The Bertz CT molecular complexity index is 477. The molecule has 2 amide bonds. The first-order valence-corrected chi connectivity index (χ1v) is 5.68.